The molecule has 0 unspecified atom stereocenters. The summed E-state index contributed by atoms with van der Waals surface area (Å²) in [5.41, 5.74) is 0.217. The second kappa shape index (κ2) is 7.68. The zero-order valence-corrected chi connectivity index (χ0v) is 13.1. The molecular formula is C14H18O6S. The van der Waals surface area contributed by atoms with E-state index >= 15 is 0 Å². The van der Waals surface area contributed by atoms with Crippen molar-refractivity contribution in [2.45, 2.75) is 25.7 Å². The lowest BCUT2D eigenvalue weighted by Gasteiger charge is -2.16. The monoisotopic (exact) mass is 314 g/mol. The minimum absolute atomic E-state index is 0.0228. The molecule has 0 heterocycles. The minimum Gasteiger partial charge on any atom is -0.489 e. The summed E-state index contributed by atoms with van der Waals surface area (Å²) in [5, 5.41) is 0. The molecule has 7 heteroatoms. The van der Waals surface area contributed by atoms with E-state index in [-0.39, 0.29) is 40.9 Å². The van der Waals surface area contributed by atoms with Crippen molar-refractivity contribution in [1.29, 1.82) is 0 Å². The number of ether oxygens (including phenoxy) is 3. The summed E-state index contributed by atoms with van der Waals surface area (Å²) in [4.78, 5) is 11.6. The zero-order valence-electron chi connectivity index (χ0n) is 12.2. The maximum absolute atomic E-state index is 11.6. The molecule has 0 aliphatic heterocycles. The molecule has 1 rings (SSSR count). The summed E-state index contributed by atoms with van der Waals surface area (Å²) in [6.45, 7) is 8.94. The Bertz CT molecular complexity index is 610. The average molecular weight is 314 g/mol. The molecule has 0 saturated heterocycles. The average Bonchev–Trinajstić information content (AvgIpc) is 2.42. The van der Waals surface area contributed by atoms with Crippen LogP contribution in [-0.4, -0.2) is 27.6 Å². The molecule has 116 valence electrons. The molecule has 0 radical (unpaired) electrons. The van der Waals surface area contributed by atoms with Crippen LogP contribution in [0.1, 0.15) is 20.8 Å². The molecular weight excluding hydrogens is 296 g/mol. The Labute approximate surface area is 125 Å². The molecule has 0 aliphatic carbocycles. The number of hydrogen-bond acceptors (Lipinski definition) is 6. The number of thiol groups is 1. The Morgan fingerprint density at radius 2 is 1.71 bits per heavy atom. The van der Waals surface area contributed by atoms with Crippen LogP contribution in [0, 0.1) is 0 Å². The highest BCUT2D eigenvalue weighted by atomic mass is 32.2. The van der Waals surface area contributed by atoms with Gasteiger partial charge in [-0.05, 0) is 32.9 Å². The Hall–Kier alpha value is -2.02. The first kappa shape index (κ1) is 17.0. The van der Waals surface area contributed by atoms with E-state index in [2.05, 4.69) is 6.58 Å². The third kappa shape index (κ3) is 4.22. The van der Waals surface area contributed by atoms with Crippen LogP contribution in [0.5, 0.6) is 17.2 Å². The van der Waals surface area contributed by atoms with E-state index in [0.717, 1.165) is 0 Å². The quantitative estimate of drug-likeness (QED) is 0.358. The van der Waals surface area contributed by atoms with Gasteiger partial charge in [0.2, 0.25) is 5.75 Å². The fraction of sp³-hybridized carbons (Fsp3) is 0.357. The Balaban J connectivity index is 3.40. The molecule has 0 N–H and O–H groups in total. The molecule has 1 aromatic rings. The van der Waals surface area contributed by atoms with E-state index in [1.807, 2.05) is 0 Å². The van der Waals surface area contributed by atoms with Crippen molar-refractivity contribution >= 4 is 16.7 Å². The SMILES string of the molecule is C=C(C)C(=O)Oc1ccc([SH](=O)=O)c(OCC)c1OCC. The first-order valence-electron chi connectivity index (χ1n) is 6.37. The Morgan fingerprint density at radius 1 is 1.14 bits per heavy atom. The van der Waals surface area contributed by atoms with Crippen molar-refractivity contribution in [3.8, 4) is 17.2 Å². The van der Waals surface area contributed by atoms with Gasteiger partial charge in [-0.15, -0.1) is 0 Å². The van der Waals surface area contributed by atoms with Crippen molar-refractivity contribution in [2.75, 3.05) is 13.2 Å². The van der Waals surface area contributed by atoms with Gasteiger partial charge in [-0.3, -0.25) is 0 Å². The summed E-state index contributed by atoms with van der Waals surface area (Å²) in [6.07, 6.45) is 0. The van der Waals surface area contributed by atoms with Gasteiger partial charge in [0.05, 0.1) is 13.2 Å². The third-order valence-corrected chi connectivity index (χ3v) is 3.13. The maximum Gasteiger partial charge on any atom is 0.338 e. The van der Waals surface area contributed by atoms with Crippen molar-refractivity contribution in [3.05, 3.63) is 24.3 Å². The number of benzene rings is 1. The van der Waals surface area contributed by atoms with Gasteiger partial charge < -0.3 is 14.2 Å². The van der Waals surface area contributed by atoms with E-state index < -0.39 is 16.7 Å². The topological polar surface area (TPSA) is 78.9 Å². The lowest BCUT2D eigenvalue weighted by molar-refractivity contribution is -0.130. The molecule has 6 nitrogen and oxygen atoms in total. The first-order chi connectivity index (χ1) is 9.92. The molecule has 0 aliphatic rings. The number of carbonyl (C=O) groups is 1. The molecule has 0 saturated carbocycles. The number of rotatable bonds is 7. The highest BCUT2D eigenvalue weighted by Crippen LogP contribution is 2.41. The van der Waals surface area contributed by atoms with Crippen LogP contribution in [0.25, 0.3) is 0 Å². The number of hydrogen-bond donors (Lipinski definition) is 1. The molecule has 21 heavy (non-hydrogen) atoms. The van der Waals surface area contributed by atoms with E-state index in [1.165, 1.54) is 19.1 Å². The normalized spacial score (nSPS) is 10.3. The first-order valence-corrected chi connectivity index (χ1v) is 7.54. The lowest BCUT2D eigenvalue weighted by Crippen LogP contribution is -2.11. The fourth-order valence-electron chi connectivity index (χ4n) is 1.51. The van der Waals surface area contributed by atoms with Crippen molar-refractivity contribution in [2.24, 2.45) is 0 Å². The van der Waals surface area contributed by atoms with E-state index in [0.29, 0.717) is 0 Å². The largest absolute Gasteiger partial charge is 0.489 e. The van der Waals surface area contributed by atoms with Crippen LogP contribution in [0.3, 0.4) is 0 Å². The van der Waals surface area contributed by atoms with Gasteiger partial charge in [0.25, 0.3) is 0 Å². The Kier molecular flexibility index (Phi) is 6.23. The van der Waals surface area contributed by atoms with Gasteiger partial charge >= 0.3 is 5.97 Å². The van der Waals surface area contributed by atoms with Crippen LogP contribution in [0.15, 0.2) is 29.2 Å². The zero-order chi connectivity index (χ0) is 16.0. The van der Waals surface area contributed by atoms with Gasteiger partial charge in [0.1, 0.15) is 4.90 Å². The molecule has 1 aromatic carbocycles. The van der Waals surface area contributed by atoms with Gasteiger partial charge in [0, 0.05) is 5.57 Å². The van der Waals surface area contributed by atoms with E-state index in [9.17, 15) is 13.2 Å². The smallest absolute Gasteiger partial charge is 0.338 e. The van der Waals surface area contributed by atoms with Crippen molar-refractivity contribution < 1.29 is 27.4 Å². The molecule has 0 fully saturated rings. The van der Waals surface area contributed by atoms with E-state index in [1.54, 1.807) is 13.8 Å². The van der Waals surface area contributed by atoms with Gasteiger partial charge in [-0.2, -0.15) is 0 Å². The molecule has 0 spiro atoms. The van der Waals surface area contributed by atoms with Gasteiger partial charge in [-0.25, -0.2) is 13.2 Å². The summed E-state index contributed by atoms with van der Waals surface area (Å²) in [5.74, 6) is -0.403. The van der Waals surface area contributed by atoms with Crippen molar-refractivity contribution in [3.63, 3.8) is 0 Å². The second-order valence-corrected chi connectivity index (χ2v) is 5.03. The van der Waals surface area contributed by atoms with Crippen LogP contribution in [0.2, 0.25) is 0 Å². The second-order valence-electron chi connectivity index (χ2n) is 4.03. The minimum atomic E-state index is -2.86. The lowest BCUT2D eigenvalue weighted by atomic mass is 10.3. The molecule has 0 bridgehead atoms. The predicted molar refractivity (Wildman–Crippen MR) is 77.8 cm³/mol. The van der Waals surface area contributed by atoms with Crippen LogP contribution in [0.4, 0.5) is 0 Å². The third-order valence-electron chi connectivity index (χ3n) is 2.38. The van der Waals surface area contributed by atoms with Crippen molar-refractivity contribution in [1.82, 2.24) is 0 Å². The number of carbonyl (C=O) groups excluding carboxylic acids is 1. The highest BCUT2D eigenvalue weighted by molar-refractivity contribution is 7.72. The fourth-order valence-corrected chi connectivity index (χ4v) is 2.04. The van der Waals surface area contributed by atoms with Crippen LogP contribution in [-0.2, 0) is 15.5 Å². The summed E-state index contributed by atoms with van der Waals surface area (Å²) >= 11 is 0. The highest BCUT2D eigenvalue weighted by Gasteiger charge is 2.21. The van der Waals surface area contributed by atoms with E-state index in [4.69, 9.17) is 14.2 Å². The van der Waals surface area contributed by atoms with Gasteiger partial charge in [0.15, 0.2) is 22.2 Å². The van der Waals surface area contributed by atoms with Crippen LogP contribution < -0.4 is 14.2 Å². The predicted octanol–water partition coefficient (Wildman–Crippen LogP) is 1.94. The standard InChI is InChI=1S/C14H18O6S/c1-5-18-12-10(20-14(15)9(3)4)7-8-11(21(16)17)13(12)19-6-2/h7-8,21H,3,5-6H2,1-2,4H3. The summed E-state index contributed by atoms with van der Waals surface area (Å²) < 4.78 is 38.4. The van der Waals surface area contributed by atoms with Crippen LogP contribution >= 0.6 is 0 Å². The van der Waals surface area contributed by atoms with Gasteiger partial charge in [-0.1, -0.05) is 6.58 Å². The summed E-state index contributed by atoms with van der Waals surface area (Å²) in [6, 6.07) is 2.66. The Morgan fingerprint density at radius 3 is 2.19 bits per heavy atom. The maximum atomic E-state index is 11.6. The summed E-state index contributed by atoms with van der Waals surface area (Å²) in [7, 11) is -2.86. The molecule has 0 aromatic heterocycles. The molecule has 0 atom stereocenters. The molecule has 0 amide bonds. The number of esters is 1.